The number of hydrogen-bond donors (Lipinski definition) is 1. The summed E-state index contributed by atoms with van der Waals surface area (Å²) in [6, 6.07) is 33.2. The lowest BCUT2D eigenvalue weighted by Crippen LogP contribution is -2.30. The van der Waals surface area contributed by atoms with Crippen LogP contribution >= 0.6 is 0 Å². The Morgan fingerprint density at radius 2 is 1.38 bits per heavy atom. The highest BCUT2D eigenvalue weighted by Crippen LogP contribution is 2.41. The first kappa shape index (κ1) is 25.8. The smallest absolute Gasteiger partial charge is 0.252 e. The van der Waals surface area contributed by atoms with Crippen molar-refractivity contribution >= 4 is 16.8 Å². The Labute approximate surface area is 228 Å². The maximum Gasteiger partial charge on any atom is 0.252 e. The van der Waals surface area contributed by atoms with Crippen LogP contribution in [0.1, 0.15) is 27.5 Å². The zero-order chi connectivity index (χ0) is 27.2. The Bertz CT molecular complexity index is 1560. The lowest BCUT2D eigenvalue weighted by Gasteiger charge is -2.21. The van der Waals surface area contributed by atoms with E-state index in [1.165, 1.54) is 0 Å². The molecule has 0 unspecified atom stereocenters. The van der Waals surface area contributed by atoms with Gasteiger partial charge in [-0.15, -0.1) is 0 Å². The molecule has 0 aliphatic carbocycles. The number of amides is 1. The van der Waals surface area contributed by atoms with Crippen molar-refractivity contribution in [3.8, 4) is 28.5 Å². The van der Waals surface area contributed by atoms with Gasteiger partial charge in [-0.25, -0.2) is 4.98 Å². The summed E-state index contributed by atoms with van der Waals surface area (Å²) in [6.45, 7) is 0. The van der Waals surface area contributed by atoms with E-state index in [2.05, 4.69) is 17.4 Å². The largest absolute Gasteiger partial charge is 0.493 e. The normalized spacial score (nSPS) is 11.6. The van der Waals surface area contributed by atoms with Crippen LogP contribution in [0.4, 0.5) is 0 Å². The summed E-state index contributed by atoms with van der Waals surface area (Å²) in [7, 11) is 4.71. The number of methoxy groups -OCH3 is 3. The number of ether oxygens (including phenoxy) is 3. The topological polar surface area (TPSA) is 69.7 Å². The third-order valence-electron chi connectivity index (χ3n) is 6.71. The SMILES string of the molecule is COc1cc(-c2cc(C(=O)N[C@H](Cc3ccccc3)c3ccccc3)c3ccccc3n2)cc(OC)c1OC. The van der Waals surface area contributed by atoms with Crippen molar-refractivity contribution in [2.45, 2.75) is 12.5 Å². The van der Waals surface area contributed by atoms with Crippen LogP contribution in [0.3, 0.4) is 0 Å². The van der Waals surface area contributed by atoms with E-state index in [0.29, 0.717) is 40.4 Å². The number of carbonyl (C=O) groups excluding carboxylic acids is 1. The van der Waals surface area contributed by atoms with Crippen molar-refractivity contribution in [3.05, 3.63) is 120 Å². The first-order valence-electron chi connectivity index (χ1n) is 12.7. The van der Waals surface area contributed by atoms with E-state index in [0.717, 1.165) is 22.1 Å². The molecular weight excluding hydrogens is 488 g/mol. The molecule has 0 saturated carbocycles. The van der Waals surface area contributed by atoms with Gasteiger partial charge in [0.15, 0.2) is 11.5 Å². The van der Waals surface area contributed by atoms with Gasteiger partial charge < -0.3 is 19.5 Å². The van der Waals surface area contributed by atoms with Crippen molar-refractivity contribution in [3.63, 3.8) is 0 Å². The van der Waals surface area contributed by atoms with Gasteiger partial charge in [0.25, 0.3) is 5.91 Å². The third-order valence-corrected chi connectivity index (χ3v) is 6.71. The van der Waals surface area contributed by atoms with E-state index in [-0.39, 0.29) is 11.9 Å². The highest BCUT2D eigenvalue weighted by molar-refractivity contribution is 6.07. The third kappa shape index (κ3) is 5.55. The first-order valence-corrected chi connectivity index (χ1v) is 12.7. The second-order valence-electron chi connectivity index (χ2n) is 9.11. The summed E-state index contributed by atoms with van der Waals surface area (Å²) in [5.41, 5.74) is 4.81. The molecule has 196 valence electrons. The number of benzene rings is 4. The van der Waals surface area contributed by atoms with E-state index in [9.17, 15) is 4.79 Å². The standard InChI is InChI=1S/C33H30N2O4/c1-37-30-19-24(20-31(38-2)32(30)39-3)29-21-26(25-16-10-11-17-27(25)34-29)33(36)35-28(23-14-8-5-9-15-23)18-22-12-6-4-7-13-22/h4-17,19-21,28H,18H2,1-3H3,(H,35,36)/t28-/m1/s1. The van der Waals surface area contributed by atoms with Crippen LogP contribution in [0.2, 0.25) is 0 Å². The molecule has 0 aliphatic rings. The number of fused-ring (bicyclic) bond motifs is 1. The molecule has 1 amide bonds. The maximum atomic E-state index is 14.0. The van der Waals surface area contributed by atoms with E-state index >= 15 is 0 Å². The fraction of sp³-hybridized carbons (Fsp3) is 0.152. The molecule has 5 aromatic rings. The van der Waals surface area contributed by atoms with Crippen molar-refractivity contribution in [1.82, 2.24) is 10.3 Å². The number of aromatic nitrogens is 1. The lowest BCUT2D eigenvalue weighted by atomic mass is 9.97. The van der Waals surface area contributed by atoms with Gasteiger partial charge in [0, 0.05) is 10.9 Å². The summed E-state index contributed by atoms with van der Waals surface area (Å²) in [4.78, 5) is 18.8. The monoisotopic (exact) mass is 518 g/mol. The number of hydrogen-bond acceptors (Lipinski definition) is 5. The zero-order valence-electron chi connectivity index (χ0n) is 22.2. The van der Waals surface area contributed by atoms with E-state index in [4.69, 9.17) is 19.2 Å². The van der Waals surface area contributed by atoms with Gasteiger partial charge in [0.1, 0.15) is 0 Å². The molecule has 5 rings (SSSR count). The Balaban J connectivity index is 1.58. The van der Waals surface area contributed by atoms with Gasteiger partial charge in [-0.2, -0.15) is 0 Å². The molecule has 1 atom stereocenters. The predicted octanol–water partition coefficient (Wildman–Crippen LogP) is 6.64. The molecule has 0 aliphatic heterocycles. The van der Waals surface area contributed by atoms with Crippen molar-refractivity contribution < 1.29 is 19.0 Å². The fourth-order valence-electron chi connectivity index (χ4n) is 4.76. The molecule has 0 spiro atoms. The fourth-order valence-corrected chi connectivity index (χ4v) is 4.76. The predicted molar refractivity (Wildman–Crippen MR) is 154 cm³/mol. The van der Waals surface area contributed by atoms with Crippen LogP contribution in [-0.2, 0) is 6.42 Å². The molecule has 39 heavy (non-hydrogen) atoms. The zero-order valence-corrected chi connectivity index (χ0v) is 22.2. The highest BCUT2D eigenvalue weighted by Gasteiger charge is 2.21. The summed E-state index contributed by atoms with van der Waals surface area (Å²) in [5.74, 6) is 1.35. The maximum absolute atomic E-state index is 14.0. The molecule has 0 bridgehead atoms. The second kappa shape index (κ2) is 11.7. The summed E-state index contributed by atoms with van der Waals surface area (Å²) >= 11 is 0. The van der Waals surface area contributed by atoms with Crippen molar-refractivity contribution in [2.75, 3.05) is 21.3 Å². The number of rotatable bonds is 9. The van der Waals surface area contributed by atoms with Crippen LogP contribution in [0, 0.1) is 0 Å². The Morgan fingerprint density at radius 3 is 2.03 bits per heavy atom. The molecule has 4 aromatic carbocycles. The number of carbonyl (C=O) groups is 1. The average Bonchev–Trinajstić information content (AvgIpc) is 3.00. The van der Waals surface area contributed by atoms with E-state index in [1.807, 2.05) is 91.0 Å². The van der Waals surface area contributed by atoms with Gasteiger partial charge >= 0.3 is 0 Å². The van der Waals surface area contributed by atoms with E-state index in [1.54, 1.807) is 21.3 Å². The summed E-state index contributed by atoms with van der Waals surface area (Å²) < 4.78 is 16.6. The highest BCUT2D eigenvalue weighted by atomic mass is 16.5. The molecule has 1 heterocycles. The number of nitrogens with one attached hydrogen (secondary N) is 1. The molecule has 1 N–H and O–H groups in total. The van der Waals surface area contributed by atoms with Crippen molar-refractivity contribution in [1.29, 1.82) is 0 Å². The summed E-state index contributed by atoms with van der Waals surface area (Å²) in [5, 5.41) is 4.07. The summed E-state index contributed by atoms with van der Waals surface area (Å²) in [6.07, 6.45) is 0.666. The quantitative estimate of drug-likeness (QED) is 0.237. The van der Waals surface area contributed by atoms with Gasteiger partial charge in [0.05, 0.1) is 44.1 Å². The first-order chi connectivity index (χ1) is 19.1. The number of para-hydroxylation sites is 1. The molecule has 0 radical (unpaired) electrons. The molecule has 0 saturated heterocycles. The van der Waals surface area contributed by atoms with Crippen LogP contribution in [0.25, 0.3) is 22.2 Å². The van der Waals surface area contributed by atoms with Crippen LogP contribution < -0.4 is 19.5 Å². The van der Waals surface area contributed by atoms with Gasteiger partial charge in [-0.05, 0) is 41.8 Å². The molecule has 6 heteroatoms. The van der Waals surface area contributed by atoms with Crippen LogP contribution in [0.15, 0.2) is 103 Å². The Morgan fingerprint density at radius 1 is 0.769 bits per heavy atom. The number of pyridine rings is 1. The molecule has 6 nitrogen and oxygen atoms in total. The Kier molecular flexibility index (Phi) is 7.73. The minimum Gasteiger partial charge on any atom is -0.493 e. The molecular formula is C33H30N2O4. The van der Waals surface area contributed by atoms with Gasteiger partial charge in [0.2, 0.25) is 5.75 Å². The number of nitrogens with zero attached hydrogens (tertiary/aromatic N) is 1. The minimum absolute atomic E-state index is 0.174. The van der Waals surface area contributed by atoms with Crippen LogP contribution in [-0.4, -0.2) is 32.2 Å². The van der Waals surface area contributed by atoms with Crippen LogP contribution in [0.5, 0.6) is 17.2 Å². The Hall–Kier alpha value is -4.84. The van der Waals surface area contributed by atoms with Crippen molar-refractivity contribution in [2.24, 2.45) is 0 Å². The van der Waals surface area contributed by atoms with Gasteiger partial charge in [-0.1, -0.05) is 78.9 Å². The van der Waals surface area contributed by atoms with E-state index < -0.39 is 0 Å². The molecule has 0 fully saturated rings. The lowest BCUT2D eigenvalue weighted by molar-refractivity contribution is 0.0938. The van der Waals surface area contributed by atoms with Gasteiger partial charge in [-0.3, -0.25) is 4.79 Å². The average molecular weight is 519 g/mol. The minimum atomic E-state index is -0.211. The second-order valence-corrected chi connectivity index (χ2v) is 9.11. The molecule has 1 aromatic heterocycles.